The van der Waals surface area contributed by atoms with Crippen molar-refractivity contribution in [2.75, 3.05) is 42.6 Å². The second-order valence-electron chi connectivity index (χ2n) is 11.3. The number of anilines is 2. The molecule has 0 saturated carbocycles. The number of benzene rings is 1. The van der Waals surface area contributed by atoms with Gasteiger partial charge in [-0.2, -0.15) is 4.98 Å². The summed E-state index contributed by atoms with van der Waals surface area (Å²) in [4.78, 5) is 17.9. The molecule has 4 heterocycles. The van der Waals surface area contributed by atoms with Gasteiger partial charge in [-0.15, -0.1) is 12.4 Å². The predicted octanol–water partition coefficient (Wildman–Crippen LogP) is 5.19. The summed E-state index contributed by atoms with van der Waals surface area (Å²) >= 11 is 0. The van der Waals surface area contributed by atoms with E-state index >= 15 is 0 Å². The number of hydrogen-bond acceptors (Lipinski definition) is 9. The number of piperidine rings is 2. The Morgan fingerprint density at radius 1 is 1.05 bits per heavy atom. The second-order valence-corrected chi connectivity index (χ2v) is 11.3. The van der Waals surface area contributed by atoms with Crippen LogP contribution in [0.5, 0.6) is 5.75 Å². The third kappa shape index (κ3) is 7.01. The van der Waals surface area contributed by atoms with Crippen LogP contribution < -0.4 is 20.3 Å². The summed E-state index contributed by atoms with van der Waals surface area (Å²) in [6.45, 7) is 10.3. The van der Waals surface area contributed by atoms with Gasteiger partial charge in [-0.1, -0.05) is 44.1 Å². The minimum atomic E-state index is -0.187. The molecule has 5 rings (SSSR count). The van der Waals surface area contributed by atoms with Crippen molar-refractivity contribution in [3.63, 3.8) is 0 Å². The fourth-order valence-electron chi connectivity index (χ4n) is 5.72. The van der Waals surface area contributed by atoms with Crippen molar-refractivity contribution in [3.05, 3.63) is 53.9 Å². The molecule has 2 N–H and O–H groups in total. The lowest BCUT2D eigenvalue weighted by Crippen LogP contribution is -2.48. The van der Waals surface area contributed by atoms with Crippen LogP contribution >= 0.6 is 12.4 Å². The third-order valence-corrected chi connectivity index (χ3v) is 8.26. The Hall–Kier alpha value is -2.98. The Morgan fingerprint density at radius 3 is 2.40 bits per heavy atom. The number of ether oxygens (including phenoxy) is 1. The van der Waals surface area contributed by atoms with E-state index in [4.69, 9.17) is 15.0 Å². The van der Waals surface area contributed by atoms with Crippen molar-refractivity contribution in [2.24, 2.45) is 17.6 Å². The van der Waals surface area contributed by atoms with Crippen molar-refractivity contribution >= 4 is 24.4 Å². The first-order valence-electron chi connectivity index (χ1n) is 14.2. The molecule has 11 heteroatoms. The molecule has 2 aliphatic heterocycles. The Morgan fingerprint density at radius 2 is 1.75 bits per heavy atom. The fourth-order valence-corrected chi connectivity index (χ4v) is 5.72. The number of halogens is 2. The number of aromatic nitrogens is 4. The van der Waals surface area contributed by atoms with Gasteiger partial charge in [-0.25, -0.2) is 14.4 Å². The highest BCUT2D eigenvalue weighted by Gasteiger charge is 2.31. The van der Waals surface area contributed by atoms with E-state index in [0.717, 1.165) is 51.1 Å². The highest BCUT2D eigenvalue weighted by molar-refractivity contribution is 5.85. The SMILES string of the molecule is CC(C)c1noc(N2CCC([C@H](C)CCOc3cnc(N4CC[C@H](c5ccccc5F)[C@@H](N)C4)nc3)CC2)n1.Cl. The molecule has 40 heavy (non-hydrogen) atoms. The van der Waals surface area contributed by atoms with Gasteiger partial charge in [0.05, 0.1) is 19.0 Å². The van der Waals surface area contributed by atoms with Gasteiger partial charge in [-0.3, -0.25) is 0 Å². The summed E-state index contributed by atoms with van der Waals surface area (Å²) in [5, 5.41) is 4.09. The lowest BCUT2D eigenvalue weighted by molar-refractivity contribution is 0.219. The number of nitrogens with two attached hydrogens (primary N) is 1. The van der Waals surface area contributed by atoms with Gasteiger partial charge in [0.15, 0.2) is 11.6 Å². The molecule has 0 radical (unpaired) electrons. The number of rotatable bonds is 9. The lowest BCUT2D eigenvalue weighted by Gasteiger charge is -2.37. The number of nitrogens with zero attached hydrogens (tertiary/aromatic N) is 6. The van der Waals surface area contributed by atoms with E-state index in [1.165, 1.54) is 6.07 Å². The average molecular weight is 574 g/mol. The molecular weight excluding hydrogens is 533 g/mol. The summed E-state index contributed by atoms with van der Waals surface area (Å²) in [6, 6.07) is 7.37. The molecule has 0 spiro atoms. The quantitative estimate of drug-likeness (QED) is 0.370. The van der Waals surface area contributed by atoms with Crippen molar-refractivity contribution in [3.8, 4) is 5.75 Å². The number of hydrogen-bond donors (Lipinski definition) is 1. The molecule has 3 aromatic rings. The van der Waals surface area contributed by atoms with Gasteiger partial charge >= 0.3 is 6.01 Å². The zero-order valence-corrected chi connectivity index (χ0v) is 24.4. The van der Waals surface area contributed by atoms with E-state index in [9.17, 15) is 4.39 Å². The zero-order valence-electron chi connectivity index (χ0n) is 23.6. The maximum absolute atomic E-state index is 14.3. The molecule has 0 bridgehead atoms. The van der Waals surface area contributed by atoms with E-state index in [-0.39, 0.29) is 36.1 Å². The molecule has 2 saturated heterocycles. The summed E-state index contributed by atoms with van der Waals surface area (Å²) in [6.07, 6.45) is 7.41. The van der Waals surface area contributed by atoms with E-state index in [0.29, 0.717) is 48.3 Å². The van der Waals surface area contributed by atoms with Gasteiger partial charge in [0.2, 0.25) is 5.95 Å². The van der Waals surface area contributed by atoms with Crippen LogP contribution in [0.3, 0.4) is 0 Å². The second kappa shape index (κ2) is 13.6. The third-order valence-electron chi connectivity index (χ3n) is 8.26. The molecule has 0 unspecified atom stereocenters. The Labute approximate surface area is 242 Å². The largest absolute Gasteiger partial charge is 0.490 e. The standard InChI is InChI=1S/C29H40FN7O2.ClH/c1-19(2)27-34-29(39-35-27)36-12-8-21(9-13-36)20(3)11-15-38-22-16-32-28(33-17-22)37-14-10-24(26(31)18-37)23-6-4-5-7-25(23)30;/h4-7,16-17,19-21,24,26H,8-15,18,31H2,1-3H3;1H/t20-,24-,26+;/m1./s1. The Balaban J connectivity index is 0.00000370. The summed E-state index contributed by atoms with van der Waals surface area (Å²) in [7, 11) is 0. The van der Waals surface area contributed by atoms with Crippen LogP contribution in [-0.2, 0) is 0 Å². The van der Waals surface area contributed by atoms with Crippen LogP contribution in [0.15, 0.2) is 41.2 Å². The minimum Gasteiger partial charge on any atom is -0.490 e. The maximum atomic E-state index is 14.3. The molecule has 1 aromatic carbocycles. The molecule has 3 atom stereocenters. The molecule has 2 aliphatic rings. The molecule has 218 valence electrons. The van der Waals surface area contributed by atoms with Crippen LogP contribution in [0.4, 0.5) is 16.4 Å². The molecule has 2 aromatic heterocycles. The molecule has 9 nitrogen and oxygen atoms in total. The maximum Gasteiger partial charge on any atom is 0.324 e. The van der Waals surface area contributed by atoms with Gasteiger partial charge < -0.3 is 24.8 Å². The van der Waals surface area contributed by atoms with Crippen LogP contribution in [0.2, 0.25) is 0 Å². The van der Waals surface area contributed by atoms with Crippen molar-refractivity contribution in [1.82, 2.24) is 20.1 Å². The van der Waals surface area contributed by atoms with Crippen LogP contribution in [0, 0.1) is 17.7 Å². The first-order valence-corrected chi connectivity index (χ1v) is 14.2. The summed E-state index contributed by atoms with van der Waals surface area (Å²) in [5.74, 6) is 3.34. The predicted molar refractivity (Wildman–Crippen MR) is 156 cm³/mol. The van der Waals surface area contributed by atoms with Crippen LogP contribution in [0.25, 0.3) is 0 Å². The molecule has 0 amide bonds. The highest BCUT2D eigenvalue weighted by Crippen LogP contribution is 2.31. The molecular formula is C29H41ClFN7O2. The van der Waals surface area contributed by atoms with E-state index in [2.05, 4.69) is 50.7 Å². The lowest BCUT2D eigenvalue weighted by atomic mass is 9.84. The normalized spacial score (nSPS) is 20.9. The van der Waals surface area contributed by atoms with Crippen molar-refractivity contribution < 1.29 is 13.7 Å². The summed E-state index contributed by atoms with van der Waals surface area (Å²) < 4.78 is 25.7. The first-order chi connectivity index (χ1) is 18.9. The average Bonchev–Trinajstić information content (AvgIpc) is 3.45. The van der Waals surface area contributed by atoms with Crippen LogP contribution in [0.1, 0.15) is 69.7 Å². The molecule has 0 aliphatic carbocycles. The van der Waals surface area contributed by atoms with Crippen LogP contribution in [-0.4, -0.2) is 58.9 Å². The zero-order chi connectivity index (χ0) is 27.4. The van der Waals surface area contributed by atoms with E-state index < -0.39 is 0 Å². The van der Waals surface area contributed by atoms with Gasteiger partial charge in [0.25, 0.3) is 0 Å². The molecule has 2 fully saturated rings. The Bertz CT molecular complexity index is 1200. The summed E-state index contributed by atoms with van der Waals surface area (Å²) in [5.41, 5.74) is 7.14. The smallest absolute Gasteiger partial charge is 0.324 e. The minimum absolute atomic E-state index is 0. The van der Waals surface area contributed by atoms with Gasteiger partial charge in [0, 0.05) is 44.1 Å². The monoisotopic (exact) mass is 573 g/mol. The van der Waals surface area contributed by atoms with E-state index in [1.807, 2.05) is 12.1 Å². The van der Waals surface area contributed by atoms with Crippen molar-refractivity contribution in [2.45, 2.75) is 64.3 Å². The first kappa shape index (κ1) is 30.0. The fraction of sp³-hybridized carbons (Fsp3) is 0.586. The van der Waals surface area contributed by atoms with Gasteiger partial charge in [0.1, 0.15) is 5.82 Å². The Kier molecular flexibility index (Phi) is 10.2. The highest BCUT2D eigenvalue weighted by atomic mass is 35.5. The topological polar surface area (TPSA) is 106 Å². The van der Waals surface area contributed by atoms with Gasteiger partial charge in [-0.05, 0) is 49.1 Å². The van der Waals surface area contributed by atoms with E-state index in [1.54, 1.807) is 18.5 Å². The van der Waals surface area contributed by atoms with Crippen molar-refractivity contribution in [1.29, 1.82) is 0 Å².